The summed E-state index contributed by atoms with van der Waals surface area (Å²) in [6.45, 7) is 29.4. The molecule has 3 saturated heterocycles. The van der Waals surface area contributed by atoms with Gasteiger partial charge in [0.1, 0.15) is 28.5 Å². The Balaban J connectivity index is 0.000000139. The molecular weight excluding hydrogens is 1370 g/mol. The molecule has 3 saturated carbocycles. The van der Waals surface area contributed by atoms with Crippen LogP contribution in [0.1, 0.15) is 115 Å². The molecule has 15 rings (SSSR count). The predicted molar refractivity (Wildman–Crippen MR) is 414 cm³/mol. The van der Waals surface area contributed by atoms with Gasteiger partial charge in [-0.05, 0) is 155 Å². The average molecular weight is 1470 g/mol. The van der Waals surface area contributed by atoms with Crippen LogP contribution in [-0.4, -0.2) is 173 Å². The summed E-state index contributed by atoms with van der Waals surface area (Å²) < 4.78 is 37.5. The first-order valence-corrected chi connectivity index (χ1v) is 39.2. The molecule has 3 atom stereocenters. The van der Waals surface area contributed by atoms with E-state index in [4.69, 9.17) is 23.7 Å². The van der Waals surface area contributed by atoms with Crippen LogP contribution in [0.5, 0.6) is 17.2 Å². The summed E-state index contributed by atoms with van der Waals surface area (Å²) in [7, 11) is 5.42. The molecule has 9 aromatic heterocycles. The number of nitrogens with one attached hydrogen (secondary N) is 1. The monoisotopic (exact) mass is 1470 g/mol. The van der Waals surface area contributed by atoms with Gasteiger partial charge in [-0.25, -0.2) is 9.59 Å². The Morgan fingerprint density at radius 2 is 0.798 bits per heavy atom. The molecule has 6 aliphatic rings. The average Bonchev–Trinajstić information content (AvgIpc) is 1.60. The molecule has 6 fully saturated rings. The Bertz CT molecular complexity index is 4560. The molecule has 3 aliphatic heterocycles. The summed E-state index contributed by atoms with van der Waals surface area (Å²) >= 11 is 5.05. The zero-order chi connectivity index (χ0) is 73.3. The van der Waals surface area contributed by atoms with Gasteiger partial charge in [-0.3, -0.25) is 44.0 Å². The van der Waals surface area contributed by atoms with Crippen molar-refractivity contribution in [2.75, 3.05) is 78.7 Å². The zero-order valence-corrected chi connectivity index (χ0v) is 64.6. The first kappa shape index (κ1) is 74.2. The van der Waals surface area contributed by atoms with Crippen molar-refractivity contribution in [1.82, 2.24) is 58.5 Å². The van der Waals surface area contributed by atoms with E-state index in [9.17, 15) is 24.0 Å². The van der Waals surface area contributed by atoms with Gasteiger partial charge < -0.3 is 52.5 Å². The van der Waals surface area contributed by atoms with Crippen molar-refractivity contribution < 1.29 is 33.3 Å². The summed E-state index contributed by atoms with van der Waals surface area (Å²) in [5, 5.41) is 5.69. The maximum absolute atomic E-state index is 13.1. The number of fused-ring (bicyclic) bond motifs is 3. The quantitative estimate of drug-likeness (QED) is 0.0845. The number of nitrogens with zero attached hydrogens (tertiary/aromatic N) is 11. The van der Waals surface area contributed by atoms with Gasteiger partial charge in [-0.1, -0.05) is 0 Å². The molecule has 1 N–H and O–H groups in total. The first-order valence-electron chi connectivity index (χ1n) is 36.7. The smallest absolute Gasteiger partial charge is 0.410 e. The molecule has 22 nitrogen and oxygen atoms in total. The fourth-order valence-corrected chi connectivity index (χ4v) is 17.1. The lowest BCUT2D eigenvalue weighted by Crippen LogP contribution is -2.53. The van der Waals surface area contributed by atoms with Gasteiger partial charge >= 0.3 is 12.2 Å². The molecule has 9 aromatic rings. The van der Waals surface area contributed by atoms with Gasteiger partial charge in [0.2, 0.25) is 0 Å². The second-order valence-electron chi connectivity index (χ2n) is 31.1. The maximum atomic E-state index is 13.1. The Labute approximate surface area is 620 Å². The Hall–Kier alpha value is -8.04. The maximum Gasteiger partial charge on any atom is 0.410 e. The SMILES string of the molecule is C[C@@H]1CN(C(=O)OC(C)(C)C)CCN1Cc1cc2c(=O)n(C)cc(-c3ccncc3OCC3CC3)c2s1.C[C@@H]1CN(C(=O)OC(C)(C)C)CCN1Cc1cc2c(=O)n(C)cc(-c3ccncc3OCC3CC3)c2s1.C[C@@H]1CNCCN1Cc1cc2c(=O)n(C)cc(-c3ccncc3OCC3CC3)c2s1. The number of carbonyl (C=O) groups is 2. The molecule has 2 amide bonds. The van der Waals surface area contributed by atoms with Crippen molar-refractivity contribution in [2.24, 2.45) is 38.9 Å². The topological polar surface area (TPSA) is 213 Å². The van der Waals surface area contributed by atoms with E-state index in [0.29, 0.717) is 63.2 Å². The van der Waals surface area contributed by atoms with Crippen LogP contribution in [0.3, 0.4) is 0 Å². The number of rotatable bonds is 18. The van der Waals surface area contributed by atoms with E-state index < -0.39 is 11.2 Å². The van der Waals surface area contributed by atoms with Crippen molar-refractivity contribution in [3.8, 4) is 50.6 Å². The van der Waals surface area contributed by atoms with Crippen molar-refractivity contribution in [2.45, 2.75) is 150 Å². The summed E-state index contributed by atoms with van der Waals surface area (Å²) in [6.07, 6.45) is 23.3. The van der Waals surface area contributed by atoms with Crippen molar-refractivity contribution >= 4 is 76.5 Å². The molecule has 0 aromatic carbocycles. The standard InChI is InChI=1S/2C28H36N4O4S.C23H28N4O2S/c2*1-18-14-32(27(34)36-28(2,3)4)11-10-31(18)15-20-12-22-25(37-20)23(16-30(5)26(22)33)21-8-9-29-13-24(21)35-17-19-6-7-19;1-15-10-25-7-8-27(15)12-17-9-19-22(30-17)20(13-26(2)23(19)28)18-5-6-24-11-21(18)29-14-16-3-4-16/h2*8-9,12-13,16,18-19H,6-7,10-11,14-15,17H2,1-5H3;5-6,9,11,13,15-16,25H,3-4,7-8,10,12,14H2,1-2H3/t2*18-;15-/m111/s1. The minimum atomic E-state index is -0.504. The Morgan fingerprint density at radius 1 is 0.471 bits per heavy atom. The summed E-state index contributed by atoms with van der Waals surface area (Å²) in [5.41, 5.74) is 5.00. The number of aryl methyl sites for hydroxylation is 3. The molecule has 554 valence electrons. The van der Waals surface area contributed by atoms with Gasteiger partial charge in [0.05, 0.1) is 54.6 Å². The minimum Gasteiger partial charge on any atom is -0.491 e. The summed E-state index contributed by atoms with van der Waals surface area (Å²) in [6, 6.07) is 12.9. The van der Waals surface area contributed by atoms with E-state index in [1.807, 2.05) is 97.5 Å². The molecule has 104 heavy (non-hydrogen) atoms. The number of hydrogen-bond donors (Lipinski definition) is 1. The van der Waals surface area contributed by atoms with E-state index in [2.05, 4.69) is 61.8 Å². The normalized spacial score (nSPS) is 19.2. The molecule has 3 aliphatic carbocycles. The van der Waals surface area contributed by atoms with Crippen molar-refractivity contribution in [3.05, 3.63) is 138 Å². The lowest BCUT2D eigenvalue weighted by Gasteiger charge is -2.40. The van der Waals surface area contributed by atoms with Crippen LogP contribution >= 0.6 is 34.0 Å². The molecule has 12 heterocycles. The highest BCUT2D eigenvalue weighted by molar-refractivity contribution is 7.20. The minimum absolute atomic E-state index is 0.00134. The second kappa shape index (κ2) is 31.6. The number of carbonyl (C=O) groups excluding carboxylic acids is 2. The Morgan fingerprint density at radius 3 is 1.10 bits per heavy atom. The molecule has 25 heteroatoms. The third-order valence-electron chi connectivity index (χ3n) is 20.0. The van der Waals surface area contributed by atoms with Gasteiger partial charge in [0, 0.05) is 217 Å². The number of hydrogen-bond acceptors (Lipinski definition) is 20. The number of amides is 2. The van der Waals surface area contributed by atoms with Gasteiger partial charge in [0.15, 0.2) is 0 Å². The highest BCUT2D eigenvalue weighted by Crippen LogP contribution is 2.43. The first-order chi connectivity index (χ1) is 49.8. The van der Waals surface area contributed by atoms with Crippen LogP contribution in [0, 0.1) is 17.8 Å². The number of ether oxygens (including phenoxy) is 5. The summed E-state index contributed by atoms with van der Waals surface area (Å²) in [4.78, 5) is 91.3. The van der Waals surface area contributed by atoms with Crippen molar-refractivity contribution in [1.29, 1.82) is 0 Å². The molecule has 0 bridgehead atoms. The van der Waals surface area contributed by atoms with Gasteiger partial charge in [-0.15, -0.1) is 34.0 Å². The van der Waals surface area contributed by atoms with E-state index in [0.717, 1.165) is 150 Å². The van der Waals surface area contributed by atoms with E-state index in [1.54, 1.807) is 109 Å². The number of piperazine rings is 3. The predicted octanol–water partition coefficient (Wildman–Crippen LogP) is 13.0. The number of pyridine rings is 6. The fourth-order valence-electron chi connectivity index (χ4n) is 13.5. The fraction of sp³-hybridized carbons (Fsp3) is 0.519. The largest absolute Gasteiger partial charge is 0.491 e. The van der Waals surface area contributed by atoms with Crippen LogP contribution in [0.25, 0.3) is 63.6 Å². The third-order valence-corrected chi connectivity index (χ3v) is 23.5. The van der Waals surface area contributed by atoms with Crippen LogP contribution in [0.4, 0.5) is 9.59 Å². The van der Waals surface area contributed by atoms with Crippen LogP contribution in [0.15, 0.2) is 107 Å². The lowest BCUT2D eigenvalue weighted by atomic mass is 10.1. The molecule has 0 radical (unpaired) electrons. The second-order valence-corrected chi connectivity index (χ2v) is 34.5. The van der Waals surface area contributed by atoms with E-state index >= 15 is 0 Å². The van der Waals surface area contributed by atoms with E-state index in [1.165, 1.54) is 43.4 Å². The lowest BCUT2D eigenvalue weighted by molar-refractivity contribution is 0.00399. The van der Waals surface area contributed by atoms with Gasteiger partial charge in [0.25, 0.3) is 16.7 Å². The van der Waals surface area contributed by atoms with Crippen LogP contribution in [-0.2, 0) is 50.3 Å². The molecule has 0 unspecified atom stereocenters. The highest BCUT2D eigenvalue weighted by Gasteiger charge is 2.34. The molecular formula is C79H100N12O10S3. The Kier molecular flexibility index (Phi) is 22.5. The van der Waals surface area contributed by atoms with Crippen molar-refractivity contribution in [3.63, 3.8) is 0 Å². The number of aromatic nitrogens is 6. The third kappa shape index (κ3) is 18.1. The number of thiophene rings is 3. The molecule has 0 spiro atoms. The zero-order valence-electron chi connectivity index (χ0n) is 62.2. The van der Waals surface area contributed by atoms with Crippen LogP contribution < -0.4 is 36.2 Å². The summed E-state index contributed by atoms with van der Waals surface area (Å²) in [5.74, 6) is 4.27. The van der Waals surface area contributed by atoms with Crippen LogP contribution in [0.2, 0.25) is 0 Å². The highest BCUT2D eigenvalue weighted by atomic mass is 32.1. The van der Waals surface area contributed by atoms with Gasteiger partial charge in [-0.2, -0.15) is 0 Å². The van der Waals surface area contributed by atoms with E-state index in [-0.39, 0.29) is 40.9 Å².